The normalized spacial score (nSPS) is 36.8. The van der Waals surface area contributed by atoms with E-state index in [1.807, 2.05) is 6.08 Å². The van der Waals surface area contributed by atoms with Gasteiger partial charge in [-0.3, -0.25) is 0 Å². The highest BCUT2D eigenvalue weighted by Gasteiger charge is 2.53. The van der Waals surface area contributed by atoms with Crippen molar-refractivity contribution >= 4 is 20.8 Å². The van der Waals surface area contributed by atoms with Crippen LogP contribution in [0.2, 0.25) is 0 Å². The molecule has 0 spiro atoms. The smallest absolute Gasteiger partial charge is 0.0781 e. The van der Waals surface area contributed by atoms with Crippen LogP contribution in [0, 0.1) is 40.9 Å². The molecule has 3 saturated carbocycles. The molecule has 0 aromatic rings. The molecular formula is C33H58ClO3P. The molecule has 3 rings (SSSR count). The maximum atomic E-state index is 11.5. The van der Waals surface area contributed by atoms with Gasteiger partial charge in [-0.05, 0) is 129 Å². The topological polar surface area (TPSA) is 60.7 Å². The SMILES string of the molecule is C=C(C(O)[C@@H]1CCC(=CC(O)CCC(C)O)C1)[C@H](C(C)C)C(C)C1CCC(P)(C2CCC(Cl)C2)C(C)(C)C1. The van der Waals surface area contributed by atoms with Gasteiger partial charge in [0.05, 0.1) is 18.3 Å². The molecule has 0 radical (unpaired) electrons. The number of halogens is 1. The minimum absolute atomic E-state index is 0.180. The Hall–Kier alpha value is 0.0800. The number of aliphatic hydroxyl groups excluding tert-OH is 3. The predicted octanol–water partition coefficient (Wildman–Crippen LogP) is 7.91. The van der Waals surface area contributed by atoms with Gasteiger partial charge in [0.25, 0.3) is 0 Å². The zero-order valence-electron chi connectivity index (χ0n) is 25.1. The van der Waals surface area contributed by atoms with E-state index in [9.17, 15) is 15.3 Å². The summed E-state index contributed by atoms with van der Waals surface area (Å²) in [5.74, 6) is 2.73. The zero-order valence-corrected chi connectivity index (χ0v) is 27.0. The Kier molecular flexibility index (Phi) is 11.5. The van der Waals surface area contributed by atoms with Crippen molar-refractivity contribution in [3.05, 3.63) is 23.8 Å². The minimum atomic E-state index is -0.514. The quantitative estimate of drug-likeness (QED) is 0.135. The van der Waals surface area contributed by atoms with Gasteiger partial charge in [-0.1, -0.05) is 52.8 Å². The monoisotopic (exact) mass is 568 g/mol. The van der Waals surface area contributed by atoms with Gasteiger partial charge in [-0.2, -0.15) is 0 Å². The van der Waals surface area contributed by atoms with Crippen molar-refractivity contribution in [2.24, 2.45) is 40.9 Å². The molecule has 0 bridgehead atoms. The summed E-state index contributed by atoms with van der Waals surface area (Å²) in [6.07, 6.45) is 11.7. The van der Waals surface area contributed by atoms with Crippen molar-refractivity contribution in [2.45, 2.75) is 141 Å². The Bertz CT molecular complexity index is 823. The lowest BCUT2D eigenvalue weighted by molar-refractivity contribution is 0.0373. The third-order valence-electron chi connectivity index (χ3n) is 11.0. The molecular weight excluding hydrogens is 511 g/mol. The second-order valence-electron chi connectivity index (χ2n) is 14.5. The van der Waals surface area contributed by atoms with Crippen LogP contribution >= 0.6 is 20.8 Å². The van der Waals surface area contributed by atoms with Crippen LogP contribution in [0.25, 0.3) is 0 Å². The van der Waals surface area contributed by atoms with E-state index in [4.69, 9.17) is 11.6 Å². The zero-order chi connectivity index (χ0) is 28.4. The molecule has 9 unspecified atom stereocenters. The van der Waals surface area contributed by atoms with Crippen molar-refractivity contribution in [3.63, 3.8) is 0 Å². The fourth-order valence-electron chi connectivity index (χ4n) is 8.58. The molecule has 3 nitrogen and oxygen atoms in total. The Morgan fingerprint density at radius 3 is 2.29 bits per heavy atom. The first-order valence-electron chi connectivity index (χ1n) is 15.5. The first-order chi connectivity index (χ1) is 17.7. The van der Waals surface area contributed by atoms with Crippen LogP contribution in [0.5, 0.6) is 0 Å². The summed E-state index contributed by atoms with van der Waals surface area (Å²) in [7, 11) is 3.32. The van der Waals surface area contributed by atoms with Gasteiger partial charge >= 0.3 is 0 Å². The lowest BCUT2D eigenvalue weighted by atomic mass is 9.56. The molecule has 0 aliphatic heterocycles. The molecule has 3 fully saturated rings. The van der Waals surface area contributed by atoms with E-state index in [0.29, 0.717) is 47.8 Å². The fourth-order valence-corrected chi connectivity index (χ4v) is 9.50. The number of alkyl halides is 1. The van der Waals surface area contributed by atoms with E-state index < -0.39 is 12.2 Å². The van der Waals surface area contributed by atoms with Crippen LogP contribution < -0.4 is 0 Å². The van der Waals surface area contributed by atoms with E-state index in [2.05, 4.69) is 50.4 Å². The number of aliphatic hydroxyl groups is 3. The molecule has 0 aromatic heterocycles. The molecule has 0 heterocycles. The number of allylic oxidation sites excluding steroid dienone is 1. The summed E-state index contributed by atoms with van der Waals surface area (Å²) in [6.45, 7) is 18.3. The number of rotatable bonds is 11. The average molecular weight is 569 g/mol. The van der Waals surface area contributed by atoms with Crippen molar-refractivity contribution in [1.82, 2.24) is 0 Å². The number of hydrogen-bond acceptors (Lipinski definition) is 3. The standard InChI is InChI=1S/C33H58ClO3P/c1-20(2)30(23(5)31(37)25-10-9-24(16-25)17-29(36)13-8-21(3)35)22(4)26-14-15-33(38,32(6,7)19-26)27-11-12-28(34)18-27/h17,20-22,25-31,35-37H,5,8-16,18-19,38H2,1-4,6-7H3/t21?,22?,25-,26?,27?,28?,29?,30-,31?,33?/m1/s1. The van der Waals surface area contributed by atoms with Crippen molar-refractivity contribution in [3.8, 4) is 0 Å². The summed E-state index contributed by atoms with van der Waals surface area (Å²) < 4.78 is 0. The molecule has 220 valence electrons. The van der Waals surface area contributed by atoms with E-state index in [1.54, 1.807) is 6.92 Å². The van der Waals surface area contributed by atoms with Crippen LogP contribution in [0.1, 0.15) is 112 Å². The second-order valence-corrected chi connectivity index (χ2v) is 16.2. The third kappa shape index (κ3) is 7.47. The third-order valence-corrected chi connectivity index (χ3v) is 12.9. The first kappa shape index (κ1) is 32.6. The van der Waals surface area contributed by atoms with Gasteiger partial charge in [-0.15, -0.1) is 20.8 Å². The average Bonchev–Trinajstić information content (AvgIpc) is 3.48. The summed E-state index contributed by atoms with van der Waals surface area (Å²) in [4.78, 5) is 0. The molecule has 38 heavy (non-hydrogen) atoms. The van der Waals surface area contributed by atoms with Crippen LogP contribution in [0.3, 0.4) is 0 Å². The largest absolute Gasteiger partial charge is 0.393 e. The Morgan fingerprint density at radius 1 is 1.05 bits per heavy atom. The molecule has 0 amide bonds. The van der Waals surface area contributed by atoms with E-state index >= 15 is 0 Å². The lowest BCUT2D eigenvalue weighted by Gasteiger charge is -2.55. The molecule has 0 saturated heterocycles. The van der Waals surface area contributed by atoms with Crippen LogP contribution in [-0.4, -0.2) is 44.2 Å². The molecule has 3 aliphatic carbocycles. The summed E-state index contributed by atoms with van der Waals surface area (Å²) in [5.41, 5.74) is 2.50. The maximum Gasteiger partial charge on any atom is 0.0781 e. The predicted molar refractivity (Wildman–Crippen MR) is 166 cm³/mol. The van der Waals surface area contributed by atoms with Gasteiger partial charge in [0, 0.05) is 5.38 Å². The van der Waals surface area contributed by atoms with E-state index in [0.717, 1.165) is 37.7 Å². The van der Waals surface area contributed by atoms with Gasteiger partial charge < -0.3 is 15.3 Å². The summed E-state index contributed by atoms with van der Waals surface area (Å²) in [5, 5.41) is 32.0. The molecule has 5 heteroatoms. The van der Waals surface area contributed by atoms with Crippen molar-refractivity contribution < 1.29 is 15.3 Å². The Balaban J connectivity index is 1.64. The van der Waals surface area contributed by atoms with Crippen LogP contribution in [-0.2, 0) is 0 Å². The van der Waals surface area contributed by atoms with Gasteiger partial charge in [0.1, 0.15) is 0 Å². The van der Waals surface area contributed by atoms with Gasteiger partial charge in [0.2, 0.25) is 0 Å². The molecule has 0 aromatic carbocycles. The molecule has 3 aliphatic rings. The summed E-state index contributed by atoms with van der Waals surface area (Å²) in [6, 6.07) is 0. The minimum Gasteiger partial charge on any atom is -0.393 e. The van der Waals surface area contributed by atoms with Crippen molar-refractivity contribution in [2.75, 3.05) is 0 Å². The molecule has 3 N–H and O–H groups in total. The maximum absolute atomic E-state index is 11.5. The fraction of sp³-hybridized carbons (Fsp3) is 0.879. The van der Waals surface area contributed by atoms with Gasteiger partial charge in [-0.25, -0.2) is 0 Å². The number of hydrogen-bond donors (Lipinski definition) is 3. The highest BCUT2D eigenvalue weighted by molar-refractivity contribution is 7.19. The second kappa shape index (κ2) is 13.4. The van der Waals surface area contributed by atoms with Gasteiger partial charge in [0.15, 0.2) is 0 Å². The molecule has 11 atom stereocenters. The van der Waals surface area contributed by atoms with E-state index in [-0.39, 0.29) is 22.6 Å². The highest BCUT2D eigenvalue weighted by Crippen LogP contribution is 2.60. The Morgan fingerprint density at radius 2 is 1.74 bits per heavy atom. The van der Waals surface area contributed by atoms with Crippen molar-refractivity contribution in [1.29, 1.82) is 0 Å². The summed E-state index contributed by atoms with van der Waals surface area (Å²) >= 11 is 6.55. The van der Waals surface area contributed by atoms with Crippen LogP contribution in [0.15, 0.2) is 23.8 Å². The van der Waals surface area contributed by atoms with E-state index in [1.165, 1.54) is 31.3 Å². The first-order valence-corrected chi connectivity index (χ1v) is 16.5. The Labute approximate surface area is 241 Å². The lowest BCUT2D eigenvalue weighted by Crippen LogP contribution is -2.50. The van der Waals surface area contributed by atoms with Crippen LogP contribution in [0.4, 0.5) is 0 Å². The highest BCUT2D eigenvalue weighted by atomic mass is 35.5.